The molecule has 1 aliphatic carbocycles. The highest BCUT2D eigenvalue weighted by Gasteiger charge is 2.31. The number of hydrogen-bond donors (Lipinski definition) is 1. The van der Waals surface area contributed by atoms with Gasteiger partial charge in [0.2, 0.25) is 0 Å². The molecule has 0 aromatic carbocycles. The predicted octanol–water partition coefficient (Wildman–Crippen LogP) is 2.57. The molecule has 0 radical (unpaired) electrons. The summed E-state index contributed by atoms with van der Waals surface area (Å²) in [6, 6.07) is 8.02. The van der Waals surface area contributed by atoms with Crippen molar-refractivity contribution in [2.75, 3.05) is 0 Å². The summed E-state index contributed by atoms with van der Waals surface area (Å²) in [5.74, 6) is 0.497. The summed E-state index contributed by atoms with van der Waals surface area (Å²) in [7, 11) is 0. The van der Waals surface area contributed by atoms with Gasteiger partial charge in [0.15, 0.2) is 0 Å². The number of rotatable bonds is 5. The van der Waals surface area contributed by atoms with Crippen molar-refractivity contribution in [1.29, 1.82) is 0 Å². The van der Waals surface area contributed by atoms with Gasteiger partial charge in [0.05, 0.1) is 6.10 Å². The molecule has 3 rings (SSSR count). The lowest BCUT2D eigenvalue weighted by Crippen LogP contribution is -2.01. The molecule has 3 nitrogen and oxygen atoms in total. The highest BCUT2D eigenvalue weighted by atomic mass is 16.3. The molecule has 0 aliphatic heterocycles. The van der Waals surface area contributed by atoms with E-state index in [9.17, 15) is 5.11 Å². The quantitative estimate of drug-likeness (QED) is 0.875. The molecule has 18 heavy (non-hydrogen) atoms. The Kier molecular flexibility index (Phi) is 3.15. The minimum Gasteiger partial charge on any atom is -0.388 e. The molecular weight excluding hydrogens is 224 g/mol. The Morgan fingerprint density at radius 2 is 2.22 bits per heavy atom. The third-order valence-corrected chi connectivity index (χ3v) is 3.54. The van der Waals surface area contributed by atoms with Crippen LogP contribution in [0.4, 0.5) is 0 Å². The monoisotopic (exact) mass is 242 g/mol. The Balaban J connectivity index is 1.60. The Labute approximate surface area is 107 Å². The van der Waals surface area contributed by atoms with Crippen LogP contribution in [0, 0.1) is 5.92 Å². The summed E-state index contributed by atoms with van der Waals surface area (Å²) >= 11 is 0. The molecule has 2 aromatic rings. The maximum absolute atomic E-state index is 10.0. The van der Waals surface area contributed by atoms with Crippen LogP contribution in [0.1, 0.15) is 30.2 Å². The molecule has 1 unspecified atom stereocenters. The second-order valence-electron chi connectivity index (χ2n) is 5.04. The number of hydrogen-bond acceptors (Lipinski definition) is 2. The SMILES string of the molecule is OC(c1ccn(CCc2ccccn2)c1)C1CC1. The summed E-state index contributed by atoms with van der Waals surface area (Å²) in [5, 5.41) is 10.0. The average molecular weight is 242 g/mol. The Bertz CT molecular complexity index is 502. The van der Waals surface area contributed by atoms with E-state index >= 15 is 0 Å². The van der Waals surface area contributed by atoms with Crippen molar-refractivity contribution in [3.63, 3.8) is 0 Å². The van der Waals surface area contributed by atoms with Gasteiger partial charge in [-0.3, -0.25) is 4.98 Å². The van der Waals surface area contributed by atoms with Crippen molar-refractivity contribution in [3.8, 4) is 0 Å². The number of aryl methyl sites for hydroxylation is 2. The van der Waals surface area contributed by atoms with E-state index in [-0.39, 0.29) is 6.10 Å². The molecule has 1 aliphatic rings. The minimum absolute atomic E-state index is 0.263. The maximum atomic E-state index is 10.0. The van der Waals surface area contributed by atoms with E-state index in [1.807, 2.05) is 36.7 Å². The van der Waals surface area contributed by atoms with Crippen LogP contribution in [-0.2, 0) is 13.0 Å². The standard InChI is InChI=1S/C15H18N2O/c18-15(12-4-5-12)13-6-9-17(11-13)10-7-14-3-1-2-8-16-14/h1-3,6,8-9,11-12,15,18H,4-5,7,10H2. The predicted molar refractivity (Wildman–Crippen MR) is 70.1 cm³/mol. The fourth-order valence-corrected chi connectivity index (χ4v) is 2.25. The second-order valence-corrected chi connectivity index (χ2v) is 5.04. The first-order valence-electron chi connectivity index (χ1n) is 6.56. The summed E-state index contributed by atoms with van der Waals surface area (Å²) in [4.78, 5) is 4.31. The first kappa shape index (κ1) is 11.5. The van der Waals surface area contributed by atoms with Crippen LogP contribution < -0.4 is 0 Å². The molecule has 2 heterocycles. The van der Waals surface area contributed by atoms with Crippen LogP contribution in [0.2, 0.25) is 0 Å². The highest BCUT2D eigenvalue weighted by Crippen LogP contribution is 2.40. The van der Waals surface area contributed by atoms with Crippen LogP contribution in [-0.4, -0.2) is 14.7 Å². The van der Waals surface area contributed by atoms with Crippen molar-refractivity contribution >= 4 is 0 Å². The summed E-state index contributed by atoms with van der Waals surface area (Å²) in [6.07, 6.45) is 8.93. The normalized spacial score (nSPS) is 16.7. The molecule has 1 atom stereocenters. The van der Waals surface area contributed by atoms with Gasteiger partial charge in [0, 0.05) is 37.3 Å². The number of aliphatic hydroxyl groups excluding tert-OH is 1. The van der Waals surface area contributed by atoms with E-state index in [2.05, 4.69) is 15.7 Å². The first-order valence-corrected chi connectivity index (χ1v) is 6.56. The third kappa shape index (κ3) is 2.62. The largest absolute Gasteiger partial charge is 0.388 e. The minimum atomic E-state index is -0.263. The van der Waals surface area contributed by atoms with Gasteiger partial charge in [-0.15, -0.1) is 0 Å². The van der Waals surface area contributed by atoms with Crippen molar-refractivity contribution in [3.05, 3.63) is 54.1 Å². The van der Waals surface area contributed by atoms with Gasteiger partial charge >= 0.3 is 0 Å². The van der Waals surface area contributed by atoms with Gasteiger partial charge in [-0.2, -0.15) is 0 Å². The van der Waals surface area contributed by atoms with E-state index in [4.69, 9.17) is 0 Å². The van der Waals surface area contributed by atoms with Gasteiger partial charge in [0.25, 0.3) is 0 Å². The third-order valence-electron chi connectivity index (χ3n) is 3.54. The Hall–Kier alpha value is -1.61. The molecule has 1 fully saturated rings. The van der Waals surface area contributed by atoms with Gasteiger partial charge in [-0.25, -0.2) is 0 Å². The molecule has 0 saturated heterocycles. The van der Waals surface area contributed by atoms with Gasteiger partial charge in [-0.1, -0.05) is 6.07 Å². The Morgan fingerprint density at radius 1 is 1.33 bits per heavy atom. The van der Waals surface area contributed by atoms with Crippen LogP contribution in [0.5, 0.6) is 0 Å². The van der Waals surface area contributed by atoms with Crippen molar-refractivity contribution in [2.24, 2.45) is 5.92 Å². The van der Waals surface area contributed by atoms with Crippen molar-refractivity contribution in [2.45, 2.75) is 31.9 Å². The van der Waals surface area contributed by atoms with Crippen LogP contribution in [0.3, 0.4) is 0 Å². The number of nitrogens with zero attached hydrogens (tertiary/aromatic N) is 2. The topological polar surface area (TPSA) is 38.0 Å². The van der Waals surface area contributed by atoms with Gasteiger partial charge in [-0.05, 0) is 42.5 Å². The van der Waals surface area contributed by atoms with Gasteiger partial charge in [0.1, 0.15) is 0 Å². The molecule has 1 N–H and O–H groups in total. The van der Waals surface area contributed by atoms with E-state index in [0.29, 0.717) is 5.92 Å². The molecule has 94 valence electrons. The molecule has 1 saturated carbocycles. The second kappa shape index (κ2) is 4.94. The summed E-state index contributed by atoms with van der Waals surface area (Å²) in [6.45, 7) is 0.911. The van der Waals surface area contributed by atoms with Crippen LogP contribution >= 0.6 is 0 Å². The smallest absolute Gasteiger partial charge is 0.0832 e. The van der Waals surface area contributed by atoms with Crippen molar-refractivity contribution in [1.82, 2.24) is 9.55 Å². The summed E-state index contributed by atoms with van der Waals surface area (Å²) in [5.41, 5.74) is 2.16. The van der Waals surface area contributed by atoms with E-state index in [1.165, 1.54) is 12.8 Å². The summed E-state index contributed by atoms with van der Waals surface area (Å²) < 4.78 is 2.13. The van der Waals surface area contributed by atoms with E-state index in [1.54, 1.807) is 0 Å². The van der Waals surface area contributed by atoms with E-state index in [0.717, 1.165) is 24.2 Å². The van der Waals surface area contributed by atoms with Crippen molar-refractivity contribution < 1.29 is 5.11 Å². The molecule has 3 heteroatoms. The number of pyridine rings is 1. The lowest BCUT2D eigenvalue weighted by atomic mass is 10.1. The zero-order valence-electron chi connectivity index (χ0n) is 10.4. The number of aromatic nitrogens is 2. The molecular formula is C15H18N2O. The van der Waals surface area contributed by atoms with Gasteiger partial charge < -0.3 is 9.67 Å². The molecule has 0 spiro atoms. The Morgan fingerprint density at radius 3 is 2.94 bits per heavy atom. The van der Waals surface area contributed by atoms with Crippen LogP contribution in [0.25, 0.3) is 0 Å². The first-order chi connectivity index (χ1) is 8.83. The zero-order chi connectivity index (χ0) is 12.4. The lowest BCUT2D eigenvalue weighted by molar-refractivity contribution is 0.154. The molecule has 0 amide bonds. The van der Waals surface area contributed by atoms with E-state index < -0.39 is 0 Å². The fourth-order valence-electron chi connectivity index (χ4n) is 2.25. The molecule has 0 bridgehead atoms. The van der Waals surface area contributed by atoms with Crippen LogP contribution in [0.15, 0.2) is 42.9 Å². The zero-order valence-corrected chi connectivity index (χ0v) is 10.4. The average Bonchev–Trinajstić information content (AvgIpc) is 3.15. The number of aliphatic hydroxyl groups is 1. The molecule has 2 aromatic heterocycles. The maximum Gasteiger partial charge on any atom is 0.0832 e. The lowest BCUT2D eigenvalue weighted by Gasteiger charge is -2.06. The highest BCUT2D eigenvalue weighted by molar-refractivity contribution is 5.16. The fraction of sp³-hybridized carbons (Fsp3) is 0.400.